The van der Waals surface area contributed by atoms with Crippen molar-refractivity contribution in [1.29, 1.82) is 0 Å². The van der Waals surface area contributed by atoms with Crippen LogP contribution in [0, 0.1) is 5.82 Å². The minimum atomic E-state index is -1.44. The fourth-order valence-corrected chi connectivity index (χ4v) is 3.50. The van der Waals surface area contributed by atoms with Gasteiger partial charge in [0.2, 0.25) is 11.8 Å². The molecule has 3 aromatic rings. The summed E-state index contributed by atoms with van der Waals surface area (Å²) in [4.78, 5) is 21.4. The van der Waals surface area contributed by atoms with Crippen molar-refractivity contribution in [3.05, 3.63) is 59.9 Å². The predicted molar refractivity (Wildman–Crippen MR) is 127 cm³/mol. The number of carbonyl (C=O) groups excluding carboxylic acids is 1. The number of benzene rings is 2. The van der Waals surface area contributed by atoms with Gasteiger partial charge in [-0.05, 0) is 30.3 Å². The summed E-state index contributed by atoms with van der Waals surface area (Å²) in [6, 6.07) is 12.7. The highest BCUT2D eigenvalue weighted by atomic mass is 28.3. The second-order valence-electron chi connectivity index (χ2n) is 8.45. The molecule has 0 fully saturated rings. The topological polar surface area (TPSA) is 89.0 Å². The number of para-hydroxylation sites is 1. The lowest BCUT2D eigenvalue weighted by Gasteiger charge is -2.17. The minimum absolute atomic E-state index is 0.0216. The molecule has 0 saturated carbocycles. The molecule has 0 unspecified atom stereocenters. The Morgan fingerprint density at radius 1 is 0.882 bits per heavy atom. The van der Waals surface area contributed by atoms with Gasteiger partial charge in [0.25, 0.3) is 0 Å². The van der Waals surface area contributed by atoms with Crippen molar-refractivity contribution in [2.24, 2.45) is 0 Å². The summed E-state index contributed by atoms with van der Waals surface area (Å²) < 4.78 is 41.6. The summed E-state index contributed by atoms with van der Waals surface area (Å²) in [5.74, 6) is -0.741. The van der Waals surface area contributed by atoms with E-state index in [4.69, 9.17) is 23.7 Å². The van der Waals surface area contributed by atoms with Crippen LogP contribution < -0.4 is 18.9 Å². The third kappa shape index (κ3) is 6.67. The van der Waals surface area contributed by atoms with E-state index in [1.807, 2.05) is 0 Å². The van der Waals surface area contributed by atoms with Gasteiger partial charge in [-0.1, -0.05) is 37.8 Å². The smallest absolute Gasteiger partial charge is 0.345 e. The van der Waals surface area contributed by atoms with Gasteiger partial charge in [0, 0.05) is 8.07 Å². The number of rotatable bonds is 10. The molecular formula is C24H27FN2O6Si. The molecule has 3 rings (SSSR count). The summed E-state index contributed by atoms with van der Waals surface area (Å²) in [6.07, 6.45) is 0. The summed E-state index contributed by atoms with van der Waals surface area (Å²) in [5, 5.41) is 0. The molecule has 2 aromatic carbocycles. The molecule has 0 radical (unpaired) electrons. The highest BCUT2D eigenvalue weighted by Crippen LogP contribution is 2.36. The first-order valence-corrected chi connectivity index (χ1v) is 14.3. The van der Waals surface area contributed by atoms with Gasteiger partial charge in [0.15, 0.2) is 11.6 Å². The van der Waals surface area contributed by atoms with Gasteiger partial charge in [0.1, 0.15) is 17.1 Å². The normalized spacial score (nSPS) is 11.0. The van der Waals surface area contributed by atoms with E-state index in [1.165, 1.54) is 38.5 Å². The van der Waals surface area contributed by atoms with Crippen LogP contribution in [-0.4, -0.2) is 44.8 Å². The van der Waals surface area contributed by atoms with Crippen LogP contribution in [0.15, 0.2) is 48.5 Å². The Balaban J connectivity index is 1.99. The van der Waals surface area contributed by atoms with Gasteiger partial charge in [-0.15, -0.1) is 0 Å². The SMILES string of the molecule is COc1cc(OC)nc(Oc2cccc(Oc3ccccc3F)c2C(=O)OCC[Si](C)(C)C)n1. The molecule has 0 spiro atoms. The Hall–Kier alpha value is -3.66. The van der Waals surface area contributed by atoms with Crippen molar-refractivity contribution >= 4 is 14.0 Å². The zero-order valence-electron chi connectivity index (χ0n) is 19.8. The lowest BCUT2D eigenvalue weighted by molar-refractivity contribution is 0.0519. The third-order valence-electron chi connectivity index (χ3n) is 4.61. The maximum Gasteiger partial charge on any atom is 0.345 e. The second kappa shape index (κ2) is 11.0. The summed E-state index contributed by atoms with van der Waals surface area (Å²) in [7, 11) is 1.44. The number of hydrogen-bond donors (Lipinski definition) is 0. The van der Waals surface area contributed by atoms with Crippen LogP contribution in [0.25, 0.3) is 0 Å². The van der Waals surface area contributed by atoms with Crippen LogP contribution in [0.1, 0.15) is 10.4 Å². The van der Waals surface area contributed by atoms with Gasteiger partial charge in [-0.25, -0.2) is 9.18 Å². The lowest BCUT2D eigenvalue weighted by Crippen LogP contribution is -2.23. The maximum atomic E-state index is 14.2. The summed E-state index contributed by atoms with van der Waals surface area (Å²) >= 11 is 0. The van der Waals surface area contributed by atoms with E-state index in [1.54, 1.807) is 24.3 Å². The monoisotopic (exact) mass is 486 g/mol. The van der Waals surface area contributed by atoms with E-state index in [-0.39, 0.29) is 47.2 Å². The molecule has 10 heteroatoms. The molecule has 0 saturated heterocycles. The number of halogens is 1. The molecule has 0 aliphatic heterocycles. The van der Waals surface area contributed by atoms with E-state index in [2.05, 4.69) is 29.6 Å². The van der Waals surface area contributed by atoms with Gasteiger partial charge >= 0.3 is 12.0 Å². The zero-order chi connectivity index (χ0) is 24.7. The quantitative estimate of drug-likeness (QED) is 0.266. The number of methoxy groups -OCH3 is 2. The molecule has 0 aliphatic carbocycles. The molecule has 0 aliphatic rings. The van der Waals surface area contributed by atoms with E-state index >= 15 is 0 Å². The molecule has 0 atom stereocenters. The van der Waals surface area contributed by atoms with Gasteiger partial charge in [0.05, 0.1) is 26.9 Å². The van der Waals surface area contributed by atoms with Crippen molar-refractivity contribution in [1.82, 2.24) is 9.97 Å². The van der Waals surface area contributed by atoms with Crippen molar-refractivity contribution in [2.45, 2.75) is 25.7 Å². The van der Waals surface area contributed by atoms with Crippen LogP contribution in [0.5, 0.6) is 35.0 Å². The summed E-state index contributed by atoms with van der Waals surface area (Å²) in [5.41, 5.74) is -0.0216. The number of aromatic nitrogens is 2. The Morgan fingerprint density at radius 2 is 1.47 bits per heavy atom. The molecular weight excluding hydrogens is 459 g/mol. The Labute approximate surface area is 198 Å². The molecule has 8 nitrogen and oxygen atoms in total. The third-order valence-corrected chi connectivity index (χ3v) is 6.32. The van der Waals surface area contributed by atoms with E-state index in [9.17, 15) is 9.18 Å². The van der Waals surface area contributed by atoms with Crippen molar-refractivity contribution < 1.29 is 32.9 Å². The lowest BCUT2D eigenvalue weighted by atomic mass is 10.1. The van der Waals surface area contributed by atoms with Crippen molar-refractivity contribution in [3.63, 3.8) is 0 Å². The number of carbonyl (C=O) groups is 1. The predicted octanol–water partition coefficient (Wildman–Crippen LogP) is 5.71. The molecule has 1 heterocycles. The first-order chi connectivity index (χ1) is 16.2. The molecule has 34 heavy (non-hydrogen) atoms. The molecule has 0 N–H and O–H groups in total. The van der Waals surface area contributed by atoms with Gasteiger partial charge in [-0.3, -0.25) is 0 Å². The molecule has 180 valence electrons. The second-order valence-corrected chi connectivity index (χ2v) is 14.1. The fourth-order valence-electron chi connectivity index (χ4n) is 2.79. The number of nitrogens with zero attached hydrogens (tertiary/aromatic N) is 2. The standard InChI is InChI=1S/C24H27FN2O6Si/c1-29-20-15-21(30-2)27-24(26-20)33-19-12-8-11-18(32-17-10-7-6-9-16(17)25)22(19)23(28)31-13-14-34(3,4)5/h6-12,15H,13-14H2,1-5H3. The van der Waals surface area contributed by atoms with E-state index in [0.717, 1.165) is 6.04 Å². The van der Waals surface area contributed by atoms with Crippen molar-refractivity contribution in [2.75, 3.05) is 20.8 Å². The van der Waals surface area contributed by atoms with E-state index in [0.29, 0.717) is 0 Å². The first kappa shape index (κ1) is 25.0. The van der Waals surface area contributed by atoms with Crippen molar-refractivity contribution in [3.8, 4) is 35.0 Å². The average Bonchev–Trinajstić information content (AvgIpc) is 2.79. The van der Waals surface area contributed by atoms with E-state index < -0.39 is 19.9 Å². The van der Waals surface area contributed by atoms with Crippen LogP contribution in [0.4, 0.5) is 4.39 Å². The minimum Gasteiger partial charge on any atom is -0.481 e. The van der Waals surface area contributed by atoms with Crippen LogP contribution >= 0.6 is 0 Å². The maximum absolute atomic E-state index is 14.2. The molecule has 0 bridgehead atoms. The number of ether oxygens (including phenoxy) is 5. The first-order valence-electron chi connectivity index (χ1n) is 10.6. The highest BCUT2D eigenvalue weighted by Gasteiger charge is 2.24. The van der Waals surface area contributed by atoms with Gasteiger partial charge < -0.3 is 23.7 Å². The fraction of sp³-hybridized carbons (Fsp3) is 0.292. The Morgan fingerprint density at radius 3 is 2.06 bits per heavy atom. The van der Waals surface area contributed by atoms with Crippen LogP contribution in [-0.2, 0) is 4.74 Å². The molecule has 1 aromatic heterocycles. The number of hydrogen-bond acceptors (Lipinski definition) is 8. The van der Waals surface area contributed by atoms with Gasteiger partial charge in [-0.2, -0.15) is 9.97 Å². The van der Waals surface area contributed by atoms with Crippen LogP contribution in [0.3, 0.4) is 0 Å². The highest BCUT2D eigenvalue weighted by molar-refractivity contribution is 6.76. The number of esters is 1. The summed E-state index contributed by atoms with van der Waals surface area (Å²) in [6.45, 7) is 6.78. The molecule has 0 amide bonds. The Kier molecular flexibility index (Phi) is 8.06. The average molecular weight is 487 g/mol. The Bertz CT molecular complexity index is 1130. The zero-order valence-corrected chi connectivity index (χ0v) is 20.8. The van der Waals surface area contributed by atoms with Crippen LogP contribution in [0.2, 0.25) is 25.7 Å². The largest absolute Gasteiger partial charge is 0.481 e.